The minimum absolute atomic E-state index is 0.118. The Morgan fingerprint density at radius 3 is 1.10 bits per heavy atom. The molecule has 0 aromatic carbocycles. The fraction of sp³-hybridized carbons (Fsp3) is 0.632. The molecule has 0 heterocycles. The Bertz CT molecular complexity index is 1330. The van der Waals surface area contributed by atoms with Gasteiger partial charge in [0.25, 0.3) is 0 Å². The highest BCUT2D eigenvalue weighted by molar-refractivity contribution is 5.71. The number of hydrogen-bond acceptors (Lipinski definition) is 6. The molecular formula is C57H92O6. The van der Waals surface area contributed by atoms with E-state index in [4.69, 9.17) is 14.2 Å². The highest BCUT2D eigenvalue weighted by Gasteiger charge is 2.19. The van der Waals surface area contributed by atoms with Gasteiger partial charge in [0, 0.05) is 19.3 Å². The topological polar surface area (TPSA) is 78.9 Å². The van der Waals surface area contributed by atoms with Crippen LogP contribution in [0, 0.1) is 0 Å². The van der Waals surface area contributed by atoms with Crippen LogP contribution in [0.15, 0.2) is 109 Å². The van der Waals surface area contributed by atoms with Gasteiger partial charge in [-0.25, -0.2) is 0 Å². The first-order valence-corrected chi connectivity index (χ1v) is 25.4. The Kier molecular flexibility index (Phi) is 47.5. The summed E-state index contributed by atoms with van der Waals surface area (Å²) in [6.45, 7) is 6.37. The van der Waals surface area contributed by atoms with Crippen LogP contribution in [-0.4, -0.2) is 37.2 Å². The van der Waals surface area contributed by atoms with Crippen LogP contribution in [-0.2, 0) is 28.6 Å². The maximum Gasteiger partial charge on any atom is 0.306 e. The number of carbonyl (C=O) groups is 3. The van der Waals surface area contributed by atoms with Crippen LogP contribution in [0.25, 0.3) is 0 Å². The van der Waals surface area contributed by atoms with E-state index in [0.29, 0.717) is 19.3 Å². The van der Waals surface area contributed by atoms with Crippen molar-refractivity contribution in [1.29, 1.82) is 0 Å². The van der Waals surface area contributed by atoms with Gasteiger partial charge in [-0.2, -0.15) is 0 Å². The van der Waals surface area contributed by atoms with E-state index in [2.05, 4.69) is 118 Å². The van der Waals surface area contributed by atoms with E-state index >= 15 is 0 Å². The van der Waals surface area contributed by atoms with Crippen molar-refractivity contribution in [3.8, 4) is 0 Å². The fourth-order valence-electron chi connectivity index (χ4n) is 6.47. The summed E-state index contributed by atoms with van der Waals surface area (Å²) in [6, 6.07) is 0. The van der Waals surface area contributed by atoms with Gasteiger partial charge in [0.05, 0.1) is 0 Å². The SMILES string of the molecule is CC/C=C\C/C=C\C/C=C\C/C=C\CCCCC(=O)O[C@H](COC(=O)CC/C=C\C/C=C\C/C=C\C/C=C\C/C=C\CCCCC)COC(=O)CCCCCCCCCCCCC. The number of hydrogen-bond donors (Lipinski definition) is 0. The molecule has 0 aromatic heterocycles. The fourth-order valence-corrected chi connectivity index (χ4v) is 6.47. The third kappa shape index (κ3) is 49.0. The van der Waals surface area contributed by atoms with Crippen molar-refractivity contribution in [2.45, 2.75) is 219 Å². The molecule has 0 spiro atoms. The van der Waals surface area contributed by atoms with Crippen molar-refractivity contribution >= 4 is 17.9 Å². The molecule has 1 atom stereocenters. The lowest BCUT2D eigenvalue weighted by atomic mass is 10.1. The smallest absolute Gasteiger partial charge is 0.306 e. The number of esters is 3. The molecule has 0 aliphatic carbocycles. The largest absolute Gasteiger partial charge is 0.462 e. The molecule has 0 amide bonds. The second-order valence-corrected chi connectivity index (χ2v) is 16.3. The first-order chi connectivity index (χ1) is 31.0. The summed E-state index contributed by atoms with van der Waals surface area (Å²) in [5.74, 6) is -1.05. The van der Waals surface area contributed by atoms with Crippen molar-refractivity contribution in [3.05, 3.63) is 109 Å². The summed E-state index contributed by atoms with van der Waals surface area (Å²) in [7, 11) is 0. The first-order valence-electron chi connectivity index (χ1n) is 25.4. The lowest BCUT2D eigenvalue weighted by Gasteiger charge is -2.18. The minimum Gasteiger partial charge on any atom is -0.462 e. The molecule has 0 N–H and O–H groups in total. The second kappa shape index (κ2) is 50.7. The molecule has 0 aliphatic rings. The van der Waals surface area contributed by atoms with Crippen LogP contribution < -0.4 is 0 Å². The summed E-state index contributed by atoms with van der Waals surface area (Å²) in [4.78, 5) is 37.9. The van der Waals surface area contributed by atoms with Gasteiger partial charge in [-0.1, -0.05) is 207 Å². The van der Waals surface area contributed by atoms with Gasteiger partial charge in [0.2, 0.25) is 0 Å². The number of allylic oxidation sites excluding steroid dienone is 18. The lowest BCUT2D eigenvalue weighted by molar-refractivity contribution is -0.166. The maximum absolute atomic E-state index is 12.8. The Hall–Kier alpha value is -3.93. The molecule has 0 saturated carbocycles. The van der Waals surface area contributed by atoms with Crippen LogP contribution in [0.1, 0.15) is 213 Å². The zero-order valence-corrected chi connectivity index (χ0v) is 40.5. The van der Waals surface area contributed by atoms with E-state index in [0.717, 1.165) is 83.5 Å². The lowest BCUT2D eigenvalue weighted by Crippen LogP contribution is -2.30. The molecule has 6 heteroatoms. The predicted molar refractivity (Wildman–Crippen MR) is 270 cm³/mol. The molecular weight excluding hydrogens is 781 g/mol. The van der Waals surface area contributed by atoms with Gasteiger partial charge in [0.15, 0.2) is 6.10 Å². The number of ether oxygens (including phenoxy) is 3. The molecule has 0 aromatic rings. The quantitative estimate of drug-likeness (QED) is 0.0263. The van der Waals surface area contributed by atoms with E-state index < -0.39 is 6.10 Å². The van der Waals surface area contributed by atoms with Crippen molar-refractivity contribution in [2.24, 2.45) is 0 Å². The second-order valence-electron chi connectivity index (χ2n) is 16.3. The summed E-state index contributed by atoms with van der Waals surface area (Å²) in [5, 5.41) is 0. The molecule has 63 heavy (non-hydrogen) atoms. The Morgan fingerprint density at radius 2 is 0.651 bits per heavy atom. The molecule has 0 radical (unpaired) electrons. The highest BCUT2D eigenvalue weighted by Crippen LogP contribution is 2.13. The van der Waals surface area contributed by atoms with Crippen molar-refractivity contribution < 1.29 is 28.6 Å². The third-order valence-corrected chi connectivity index (χ3v) is 10.3. The molecule has 6 nitrogen and oxygen atoms in total. The van der Waals surface area contributed by atoms with Crippen molar-refractivity contribution in [2.75, 3.05) is 13.2 Å². The van der Waals surface area contributed by atoms with Crippen molar-refractivity contribution in [3.63, 3.8) is 0 Å². The average Bonchev–Trinajstić information content (AvgIpc) is 3.28. The molecule has 0 bridgehead atoms. The average molecular weight is 873 g/mol. The van der Waals surface area contributed by atoms with Gasteiger partial charge in [0.1, 0.15) is 13.2 Å². The zero-order chi connectivity index (χ0) is 45.8. The molecule has 0 rings (SSSR count). The molecule has 0 saturated heterocycles. The predicted octanol–water partition coefficient (Wildman–Crippen LogP) is 16.8. The summed E-state index contributed by atoms with van der Waals surface area (Å²) < 4.78 is 16.7. The van der Waals surface area contributed by atoms with Gasteiger partial charge >= 0.3 is 17.9 Å². The molecule has 0 unspecified atom stereocenters. The highest BCUT2D eigenvalue weighted by atomic mass is 16.6. The monoisotopic (exact) mass is 873 g/mol. The van der Waals surface area contributed by atoms with Crippen LogP contribution in [0.4, 0.5) is 0 Å². The normalized spacial score (nSPS) is 13.0. The van der Waals surface area contributed by atoms with E-state index in [1.807, 2.05) is 12.2 Å². The summed E-state index contributed by atoms with van der Waals surface area (Å²) >= 11 is 0. The van der Waals surface area contributed by atoms with Gasteiger partial charge in [-0.15, -0.1) is 0 Å². The van der Waals surface area contributed by atoms with Gasteiger partial charge in [-0.05, 0) is 96.3 Å². The van der Waals surface area contributed by atoms with Crippen LogP contribution in [0.3, 0.4) is 0 Å². The summed E-state index contributed by atoms with van der Waals surface area (Å²) in [6.07, 6.45) is 68.0. The van der Waals surface area contributed by atoms with E-state index in [-0.39, 0.29) is 44.0 Å². The maximum atomic E-state index is 12.8. The molecule has 0 fully saturated rings. The Balaban J connectivity index is 4.56. The third-order valence-electron chi connectivity index (χ3n) is 10.3. The standard InChI is InChI=1S/C57H92O6/c1-4-7-10-13-16-19-22-24-26-27-28-29-31-32-35-38-41-44-47-50-56(59)62-53-54(52-61-55(58)49-46-43-40-37-34-21-18-15-12-9-6-3)63-57(60)51-48-45-42-39-36-33-30-25-23-20-17-14-11-8-5-2/h8,11,16-17,19-20,24-26,28-30,32,35-36,39,41,44,54H,4-7,9-10,12-15,18,21-23,27,31,33-34,37-38,40,42-43,45-53H2,1-3H3/b11-8-,19-16-,20-17-,26-24-,29-28-,30-25-,35-32-,39-36-,44-41-/t54-/m0/s1. The number of unbranched alkanes of at least 4 members (excludes halogenated alkanes) is 15. The van der Waals surface area contributed by atoms with E-state index in [1.54, 1.807) is 0 Å². The molecule has 0 aliphatic heterocycles. The van der Waals surface area contributed by atoms with Crippen molar-refractivity contribution in [1.82, 2.24) is 0 Å². The van der Waals surface area contributed by atoms with Gasteiger partial charge in [-0.3, -0.25) is 14.4 Å². The number of rotatable bonds is 44. The molecule has 356 valence electrons. The van der Waals surface area contributed by atoms with Crippen LogP contribution in [0.5, 0.6) is 0 Å². The van der Waals surface area contributed by atoms with E-state index in [9.17, 15) is 14.4 Å². The number of carbonyl (C=O) groups excluding carboxylic acids is 3. The summed E-state index contributed by atoms with van der Waals surface area (Å²) in [5.41, 5.74) is 0. The van der Waals surface area contributed by atoms with E-state index in [1.165, 1.54) is 77.0 Å². The van der Waals surface area contributed by atoms with Gasteiger partial charge < -0.3 is 14.2 Å². The first kappa shape index (κ1) is 59.1. The Morgan fingerprint density at radius 1 is 0.333 bits per heavy atom. The van der Waals surface area contributed by atoms with Crippen LogP contribution >= 0.6 is 0 Å². The zero-order valence-electron chi connectivity index (χ0n) is 40.5. The Labute approximate surface area is 387 Å². The van der Waals surface area contributed by atoms with Crippen LogP contribution in [0.2, 0.25) is 0 Å². The minimum atomic E-state index is -0.829.